The van der Waals surface area contributed by atoms with E-state index in [1.165, 1.54) is 35.8 Å². The van der Waals surface area contributed by atoms with Gasteiger partial charge in [0, 0.05) is 0 Å². The van der Waals surface area contributed by atoms with Gasteiger partial charge in [-0.25, -0.2) is 4.39 Å². The summed E-state index contributed by atoms with van der Waals surface area (Å²) in [5.74, 6) is -0.794. The van der Waals surface area contributed by atoms with Gasteiger partial charge >= 0.3 is 0 Å². The highest BCUT2D eigenvalue weighted by molar-refractivity contribution is 7.17. The van der Waals surface area contributed by atoms with Gasteiger partial charge in [0.1, 0.15) is 0 Å². The summed E-state index contributed by atoms with van der Waals surface area (Å²) in [5, 5.41) is 15.0. The number of aromatic hydroxyl groups is 1. The molecule has 0 aliphatic heterocycles. The first-order valence-electron chi connectivity index (χ1n) is 7.25. The standard InChI is InChI=1S/C10H15N.C8H5FOS/c1-11-9-5-8-10-6-3-2-4-7-10;9-6-2-1-5-3-4-11-8(5)7(6)10/h2-4,6-7,11H,5,8-9H2,1H3;1-4,10H. The fourth-order valence-corrected chi connectivity index (χ4v) is 2.94. The maximum atomic E-state index is 12.7. The summed E-state index contributed by atoms with van der Waals surface area (Å²) in [4.78, 5) is 0. The number of halogens is 1. The van der Waals surface area contributed by atoms with Gasteiger partial charge in [-0.3, -0.25) is 0 Å². The number of nitrogens with one attached hydrogen (secondary N) is 1. The van der Waals surface area contributed by atoms with Crippen LogP contribution in [-0.2, 0) is 6.42 Å². The van der Waals surface area contributed by atoms with Gasteiger partial charge in [0.2, 0.25) is 0 Å². The van der Waals surface area contributed by atoms with E-state index in [1.54, 1.807) is 6.07 Å². The normalized spacial score (nSPS) is 10.3. The number of fused-ring (bicyclic) bond motifs is 1. The third-order valence-electron chi connectivity index (χ3n) is 3.28. The Morgan fingerprint density at radius 2 is 1.86 bits per heavy atom. The Morgan fingerprint density at radius 1 is 1.09 bits per heavy atom. The van der Waals surface area contributed by atoms with Gasteiger partial charge in [-0.05, 0) is 54.9 Å². The molecule has 0 bridgehead atoms. The van der Waals surface area contributed by atoms with Gasteiger partial charge in [-0.2, -0.15) is 0 Å². The zero-order chi connectivity index (χ0) is 15.8. The molecule has 0 radical (unpaired) electrons. The lowest BCUT2D eigenvalue weighted by atomic mass is 10.1. The minimum Gasteiger partial charge on any atom is -0.504 e. The SMILES string of the molecule is CNCCCc1ccccc1.Oc1c(F)ccc2ccsc12. The quantitative estimate of drug-likeness (QED) is 0.690. The number of aryl methyl sites for hydroxylation is 1. The molecule has 2 aromatic carbocycles. The summed E-state index contributed by atoms with van der Waals surface area (Å²) in [6, 6.07) is 15.4. The Bertz CT molecular complexity index is 697. The zero-order valence-electron chi connectivity index (χ0n) is 12.6. The summed E-state index contributed by atoms with van der Waals surface area (Å²) in [6.07, 6.45) is 2.40. The molecule has 1 heterocycles. The topological polar surface area (TPSA) is 32.3 Å². The van der Waals surface area contributed by atoms with Crippen LogP contribution >= 0.6 is 11.3 Å². The first-order chi connectivity index (χ1) is 10.7. The van der Waals surface area contributed by atoms with E-state index < -0.39 is 5.82 Å². The van der Waals surface area contributed by atoms with E-state index in [4.69, 9.17) is 0 Å². The lowest BCUT2D eigenvalue weighted by Crippen LogP contribution is -2.08. The van der Waals surface area contributed by atoms with Crippen LogP contribution < -0.4 is 5.32 Å². The second-order valence-corrected chi connectivity index (χ2v) is 5.84. The average Bonchev–Trinajstić information content (AvgIpc) is 3.02. The summed E-state index contributed by atoms with van der Waals surface area (Å²) < 4.78 is 13.3. The molecule has 0 aliphatic rings. The highest BCUT2D eigenvalue weighted by Gasteiger charge is 2.05. The molecule has 4 heteroatoms. The number of thiophene rings is 1. The number of rotatable bonds is 4. The second kappa shape index (κ2) is 8.51. The van der Waals surface area contributed by atoms with Gasteiger partial charge in [-0.1, -0.05) is 36.4 Å². The van der Waals surface area contributed by atoms with Crippen LogP contribution in [0.15, 0.2) is 53.9 Å². The van der Waals surface area contributed by atoms with E-state index in [0.717, 1.165) is 11.9 Å². The Balaban J connectivity index is 0.000000160. The van der Waals surface area contributed by atoms with Crippen LogP contribution in [0.5, 0.6) is 5.75 Å². The number of hydrogen-bond acceptors (Lipinski definition) is 3. The summed E-state index contributed by atoms with van der Waals surface area (Å²) in [6.45, 7) is 1.11. The average molecular weight is 317 g/mol. The summed E-state index contributed by atoms with van der Waals surface area (Å²) in [5.41, 5.74) is 1.43. The number of hydrogen-bond donors (Lipinski definition) is 2. The molecule has 3 aromatic rings. The predicted molar refractivity (Wildman–Crippen MR) is 92.1 cm³/mol. The van der Waals surface area contributed by atoms with E-state index in [-0.39, 0.29) is 5.75 Å². The van der Waals surface area contributed by atoms with Crippen LogP contribution in [0.1, 0.15) is 12.0 Å². The van der Waals surface area contributed by atoms with Gasteiger partial charge < -0.3 is 10.4 Å². The van der Waals surface area contributed by atoms with Crippen molar-refractivity contribution in [2.45, 2.75) is 12.8 Å². The molecule has 0 atom stereocenters. The van der Waals surface area contributed by atoms with Crippen LogP contribution in [0, 0.1) is 5.82 Å². The van der Waals surface area contributed by atoms with Crippen LogP contribution in [0.25, 0.3) is 10.1 Å². The Morgan fingerprint density at radius 3 is 2.59 bits per heavy atom. The molecule has 0 saturated carbocycles. The van der Waals surface area contributed by atoms with Crippen LogP contribution in [-0.4, -0.2) is 18.7 Å². The summed E-state index contributed by atoms with van der Waals surface area (Å²) in [7, 11) is 1.99. The highest BCUT2D eigenvalue weighted by Crippen LogP contribution is 2.31. The van der Waals surface area contributed by atoms with Crippen molar-refractivity contribution in [3.05, 3.63) is 65.3 Å². The first kappa shape index (κ1) is 16.5. The van der Waals surface area contributed by atoms with Crippen LogP contribution in [0.3, 0.4) is 0 Å². The number of benzene rings is 2. The van der Waals surface area contributed by atoms with E-state index in [2.05, 4.69) is 35.6 Å². The van der Waals surface area contributed by atoms with Crippen LogP contribution in [0.4, 0.5) is 4.39 Å². The Hall–Kier alpha value is -1.91. The maximum Gasteiger partial charge on any atom is 0.169 e. The molecular formula is C18H20FNOS. The van der Waals surface area contributed by atoms with E-state index in [0.29, 0.717) is 4.70 Å². The molecule has 0 fully saturated rings. The van der Waals surface area contributed by atoms with Gasteiger partial charge in [0.25, 0.3) is 0 Å². The minimum atomic E-state index is -0.556. The van der Waals surface area contributed by atoms with E-state index in [9.17, 15) is 9.50 Å². The van der Waals surface area contributed by atoms with Gasteiger partial charge in [-0.15, -0.1) is 11.3 Å². The van der Waals surface area contributed by atoms with E-state index >= 15 is 0 Å². The maximum absolute atomic E-state index is 12.7. The monoisotopic (exact) mass is 317 g/mol. The molecule has 116 valence electrons. The largest absolute Gasteiger partial charge is 0.504 e. The fourth-order valence-electron chi connectivity index (χ4n) is 2.11. The van der Waals surface area contributed by atoms with Crippen molar-refractivity contribution in [3.8, 4) is 5.75 Å². The summed E-state index contributed by atoms with van der Waals surface area (Å²) >= 11 is 1.34. The molecule has 22 heavy (non-hydrogen) atoms. The first-order valence-corrected chi connectivity index (χ1v) is 8.13. The molecule has 0 unspecified atom stereocenters. The number of phenols is 1. The Kier molecular flexibility index (Phi) is 6.37. The van der Waals surface area contributed by atoms with Crippen molar-refractivity contribution in [3.63, 3.8) is 0 Å². The van der Waals surface area contributed by atoms with Crippen molar-refractivity contribution < 1.29 is 9.50 Å². The third kappa shape index (κ3) is 4.55. The highest BCUT2D eigenvalue weighted by atomic mass is 32.1. The molecule has 3 rings (SSSR count). The molecular weight excluding hydrogens is 297 g/mol. The molecule has 0 aliphatic carbocycles. The van der Waals surface area contributed by atoms with Gasteiger partial charge in [0.15, 0.2) is 11.6 Å². The lowest BCUT2D eigenvalue weighted by Gasteiger charge is -1.99. The zero-order valence-corrected chi connectivity index (χ0v) is 13.4. The molecule has 0 amide bonds. The fraction of sp³-hybridized carbons (Fsp3) is 0.222. The molecule has 0 saturated heterocycles. The molecule has 1 aromatic heterocycles. The van der Waals surface area contributed by atoms with Crippen LogP contribution in [0.2, 0.25) is 0 Å². The van der Waals surface area contributed by atoms with Crippen molar-refractivity contribution in [1.82, 2.24) is 5.32 Å². The third-order valence-corrected chi connectivity index (χ3v) is 4.22. The number of phenolic OH excluding ortho intramolecular Hbond substituents is 1. The molecule has 2 nitrogen and oxygen atoms in total. The van der Waals surface area contributed by atoms with Crippen molar-refractivity contribution in [2.75, 3.05) is 13.6 Å². The predicted octanol–water partition coefficient (Wildman–Crippen LogP) is 4.58. The van der Waals surface area contributed by atoms with Crippen molar-refractivity contribution in [2.24, 2.45) is 0 Å². The van der Waals surface area contributed by atoms with Crippen molar-refractivity contribution >= 4 is 21.4 Å². The second-order valence-electron chi connectivity index (χ2n) is 4.93. The minimum absolute atomic E-state index is 0.238. The Labute approximate surface area is 134 Å². The van der Waals surface area contributed by atoms with Gasteiger partial charge in [0.05, 0.1) is 4.70 Å². The van der Waals surface area contributed by atoms with E-state index in [1.807, 2.05) is 18.5 Å². The smallest absolute Gasteiger partial charge is 0.169 e. The van der Waals surface area contributed by atoms with Crippen molar-refractivity contribution in [1.29, 1.82) is 0 Å². The lowest BCUT2D eigenvalue weighted by molar-refractivity contribution is 0.439. The molecule has 0 spiro atoms. The molecule has 2 N–H and O–H groups in total.